The zero-order chi connectivity index (χ0) is 14.8. The molecule has 2 aromatic rings. The average Bonchev–Trinajstić information content (AvgIpc) is 2.69. The van der Waals surface area contributed by atoms with Gasteiger partial charge in [0.1, 0.15) is 11.6 Å². The van der Waals surface area contributed by atoms with Gasteiger partial charge in [0.05, 0.1) is 12.8 Å². The van der Waals surface area contributed by atoms with E-state index in [9.17, 15) is 4.79 Å². The molecular weight excluding hydrogens is 268 g/mol. The van der Waals surface area contributed by atoms with Gasteiger partial charge in [-0.05, 0) is 43.5 Å². The highest BCUT2D eigenvalue weighted by molar-refractivity contribution is 5.82. The van der Waals surface area contributed by atoms with Gasteiger partial charge in [-0.2, -0.15) is 9.78 Å². The fraction of sp³-hybridized carbons (Fsp3) is 0.333. The summed E-state index contributed by atoms with van der Waals surface area (Å²) in [6, 6.07) is 7.08. The molecule has 6 heteroatoms. The predicted octanol–water partition coefficient (Wildman–Crippen LogP) is 2.23. The summed E-state index contributed by atoms with van der Waals surface area (Å²) in [5.41, 5.74) is 8.24. The minimum atomic E-state index is -0.569. The second-order valence-corrected chi connectivity index (χ2v) is 5.04. The number of carbonyl (C=O) groups is 1. The smallest absolute Gasteiger partial charge is 0.341 e. The Balaban J connectivity index is 2.10. The molecule has 3 N–H and O–H groups in total. The van der Waals surface area contributed by atoms with Crippen LogP contribution in [0.5, 0.6) is 5.75 Å². The number of fused-ring (bicyclic) bond motifs is 1. The molecule has 0 bridgehead atoms. The predicted molar refractivity (Wildman–Crippen MR) is 80.6 cm³/mol. The number of hydrogen-bond donors (Lipinski definition) is 2. The van der Waals surface area contributed by atoms with Crippen molar-refractivity contribution >= 4 is 11.8 Å². The minimum Gasteiger partial charge on any atom is -0.497 e. The highest BCUT2D eigenvalue weighted by Gasteiger charge is 2.22. The van der Waals surface area contributed by atoms with Gasteiger partial charge in [-0.3, -0.25) is 0 Å². The summed E-state index contributed by atoms with van der Waals surface area (Å²) in [7, 11) is 1.63. The van der Waals surface area contributed by atoms with Crippen molar-refractivity contribution in [2.24, 2.45) is 5.73 Å². The van der Waals surface area contributed by atoms with Crippen LogP contribution in [0.15, 0.2) is 24.3 Å². The molecule has 0 aliphatic carbocycles. The van der Waals surface area contributed by atoms with Crippen LogP contribution >= 0.6 is 0 Å². The van der Waals surface area contributed by atoms with E-state index in [0.29, 0.717) is 0 Å². The molecular formula is C15H18N4O2. The van der Waals surface area contributed by atoms with Crippen LogP contribution in [0, 0.1) is 0 Å². The molecule has 0 atom stereocenters. The lowest BCUT2D eigenvalue weighted by molar-refractivity contribution is 0.248. The van der Waals surface area contributed by atoms with Gasteiger partial charge in [0.2, 0.25) is 0 Å². The van der Waals surface area contributed by atoms with E-state index < -0.39 is 6.03 Å². The van der Waals surface area contributed by atoms with E-state index in [4.69, 9.17) is 10.5 Å². The Morgan fingerprint density at radius 1 is 1.33 bits per heavy atom. The summed E-state index contributed by atoms with van der Waals surface area (Å²) in [4.78, 5) is 11.6. The van der Waals surface area contributed by atoms with Gasteiger partial charge in [-0.1, -0.05) is 0 Å². The van der Waals surface area contributed by atoms with Crippen LogP contribution in [0.3, 0.4) is 0 Å². The maximum Gasteiger partial charge on any atom is 0.341 e. The number of methoxy groups -OCH3 is 1. The second kappa shape index (κ2) is 5.47. The molecule has 0 unspecified atom stereocenters. The van der Waals surface area contributed by atoms with Crippen LogP contribution in [0.4, 0.5) is 10.6 Å². The van der Waals surface area contributed by atoms with Gasteiger partial charge in [-0.15, -0.1) is 0 Å². The third kappa shape index (κ3) is 2.44. The summed E-state index contributed by atoms with van der Waals surface area (Å²) in [6.07, 6.45) is 3.01. The highest BCUT2D eigenvalue weighted by atomic mass is 16.5. The molecule has 0 saturated carbocycles. The first-order chi connectivity index (χ1) is 10.2. The quantitative estimate of drug-likeness (QED) is 0.887. The Morgan fingerprint density at radius 3 is 2.76 bits per heavy atom. The first-order valence-corrected chi connectivity index (χ1v) is 7.00. The van der Waals surface area contributed by atoms with E-state index in [1.165, 1.54) is 4.68 Å². The number of primary amides is 1. The minimum absolute atomic E-state index is 0.569. The van der Waals surface area contributed by atoms with Gasteiger partial charge in [0, 0.05) is 17.7 Å². The Bertz CT molecular complexity index is 661. The SMILES string of the molecule is COc1ccc(-c2nn(C(N)=O)c3c2CCCCN3)cc1. The van der Waals surface area contributed by atoms with E-state index in [1.807, 2.05) is 24.3 Å². The Morgan fingerprint density at radius 2 is 2.10 bits per heavy atom. The van der Waals surface area contributed by atoms with Crippen LogP contribution in [0.25, 0.3) is 11.3 Å². The van der Waals surface area contributed by atoms with Gasteiger partial charge in [0.25, 0.3) is 0 Å². The number of anilines is 1. The van der Waals surface area contributed by atoms with Crippen LogP contribution in [0.2, 0.25) is 0 Å². The zero-order valence-corrected chi connectivity index (χ0v) is 11.9. The molecule has 0 spiro atoms. The van der Waals surface area contributed by atoms with Crippen molar-refractivity contribution in [3.8, 4) is 17.0 Å². The molecule has 6 nitrogen and oxygen atoms in total. The number of benzene rings is 1. The molecule has 1 aromatic carbocycles. The summed E-state index contributed by atoms with van der Waals surface area (Å²) in [5, 5.41) is 7.66. The fourth-order valence-electron chi connectivity index (χ4n) is 2.64. The van der Waals surface area contributed by atoms with E-state index in [-0.39, 0.29) is 0 Å². The molecule has 3 rings (SSSR count). The fourth-order valence-corrected chi connectivity index (χ4v) is 2.64. The Labute approximate surface area is 122 Å². The van der Waals surface area contributed by atoms with Crippen LogP contribution < -0.4 is 15.8 Å². The molecule has 21 heavy (non-hydrogen) atoms. The topological polar surface area (TPSA) is 82.2 Å². The van der Waals surface area contributed by atoms with Crippen LogP contribution in [-0.2, 0) is 6.42 Å². The molecule has 1 aliphatic rings. The monoisotopic (exact) mass is 286 g/mol. The lowest BCUT2D eigenvalue weighted by Gasteiger charge is -2.05. The van der Waals surface area contributed by atoms with E-state index in [2.05, 4.69) is 10.4 Å². The molecule has 1 aromatic heterocycles. The number of nitrogens with one attached hydrogen (secondary N) is 1. The van der Waals surface area contributed by atoms with Crippen molar-refractivity contribution in [3.63, 3.8) is 0 Å². The third-order valence-electron chi connectivity index (χ3n) is 3.70. The number of nitrogens with two attached hydrogens (primary N) is 1. The summed E-state index contributed by atoms with van der Waals surface area (Å²) in [6.45, 7) is 0.827. The number of nitrogens with zero attached hydrogens (tertiary/aromatic N) is 2. The molecule has 0 fully saturated rings. The summed E-state index contributed by atoms with van der Waals surface area (Å²) in [5.74, 6) is 1.52. The van der Waals surface area contributed by atoms with E-state index >= 15 is 0 Å². The number of rotatable bonds is 2. The number of aromatic nitrogens is 2. The number of amides is 1. The van der Waals surface area contributed by atoms with Crippen molar-refractivity contribution in [1.29, 1.82) is 0 Å². The van der Waals surface area contributed by atoms with Crippen molar-refractivity contribution in [2.45, 2.75) is 19.3 Å². The third-order valence-corrected chi connectivity index (χ3v) is 3.70. The maximum absolute atomic E-state index is 11.6. The molecule has 110 valence electrons. The van der Waals surface area contributed by atoms with Crippen molar-refractivity contribution in [2.75, 3.05) is 19.0 Å². The van der Waals surface area contributed by atoms with Crippen LogP contribution in [-0.4, -0.2) is 29.5 Å². The van der Waals surface area contributed by atoms with Gasteiger partial charge in [0.15, 0.2) is 0 Å². The lowest BCUT2D eigenvalue weighted by Crippen LogP contribution is -2.23. The number of hydrogen-bond acceptors (Lipinski definition) is 4. The van der Waals surface area contributed by atoms with E-state index in [1.54, 1.807) is 7.11 Å². The second-order valence-electron chi connectivity index (χ2n) is 5.04. The first kappa shape index (κ1) is 13.5. The molecule has 0 saturated heterocycles. The molecule has 1 amide bonds. The largest absolute Gasteiger partial charge is 0.497 e. The van der Waals surface area contributed by atoms with Gasteiger partial charge < -0.3 is 15.8 Å². The van der Waals surface area contributed by atoms with Crippen molar-refractivity contribution < 1.29 is 9.53 Å². The van der Waals surface area contributed by atoms with Crippen molar-refractivity contribution in [1.82, 2.24) is 9.78 Å². The summed E-state index contributed by atoms with van der Waals surface area (Å²) < 4.78 is 6.43. The Hall–Kier alpha value is -2.50. The molecule has 0 radical (unpaired) electrons. The first-order valence-electron chi connectivity index (χ1n) is 7.00. The zero-order valence-electron chi connectivity index (χ0n) is 11.9. The summed E-state index contributed by atoms with van der Waals surface area (Å²) >= 11 is 0. The number of carbonyl (C=O) groups excluding carboxylic acids is 1. The van der Waals surface area contributed by atoms with E-state index in [0.717, 1.165) is 54.2 Å². The number of ether oxygens (including phenoxy) is 1. The average molecular weight is 286 g/mol. The lowest BCUT2D eigenvalue weighted by atomic mass is 10.0. The van der Waals surface area contributed by atoms with Gasteiger partial charge in [-0.25, -0.2) is 4.79 Å². The molecule has 1 aliphatic heterocycles. The highest BCUT2D eigenvalue weighted by Crippen LogP contribution is 2.32. The van der Waals surface area contributed by atoms with Crippen LogP contribution in [0.1, 0.15) is 18.4 Å². The standard InChI is InChI=1S/C15H18N4O2/c1-21-11-7-5-10(6-8-11)13-12-4-2-3-9-17-14(12)19(18-13)15(16)20/h5-8,17H,2-4,9H2,1H3,(H2,16,20). The van der Waals surface area contributed by atoms with Crippen molar-refractivity contribution in [3.05, 3.63) is 29.8 Å². The van der Waals surface area contributed by atoms with Gasteiger partial charge >= 0.3 is 6.03 Å². The normalized spacial score (nSPS) is 14.0. The maximum atomic E-state index is 11.6. The molecule has 2 heterocycles. The Kier molecular flexibility index (Phi) is 3.51.